The van der Waals surface area contributed by atoms with Crippen LogP contribution < -0.4 is 10.9 Å². The monoisotopic (exact) mass is 248 g/mol. The van der Waals surface area contributed by atoms with Gasteiger partial charge in [0.15, 0.2) is 5.69 Å². The molecule has 1 aromatic rings. The fraction of sp³-hybridized carbons (Fsp3) is 0.143. The predicted octanol–water partition coefficient (Wildman–Crippen LogP) is 0.120. The molecular weight excluding hydrogens is 242 g/mol. The summed E-state index contributed by atoms with van der Waals surface area (Å²) in [6.45, 7) is 0. The Bertz CT molecular complexity index is 564. The molecule has 0 aliphatic rings. The predicted molar refractivity (Wildman–Crippen MR) is 49.7 cm³/mol. The quantitative estimate of drug-likeness (QED) is 0.769. The van der Waals surface area contributed by atoms with E-state index in [1.807, 2.05) is 0 Å². The summed E-state index contributed by atoms with van der Waals surface area (Å²) in [4.78, 5) is 2.48. The summed E-state index contributed by atoms with van der Waals surface area (Å²) in [6.07, 6.45) is -3.02. The van der Waals surface area contributed by atoms with Crippen LogP contribution in [0, 0.1) is 11.3 Å². The molecule has 0 fully saturated rings. The van der Waals surface area contributed by atoms with Crippen LogP contribution in [0.2, 0.25) is 0 Å². The Morgan fingerprint density at radius 3 is 2.44 bits per heavy atom. The number of nitrogens with two attached hydrogens (primary N) is 2. The molecule has 1 rings (SSSR count). The maximum Gasteiger partial charge on any atom is 0.280 e. The van der Waals surface area contributed by atoms with Crippen molar-refractivity contribution in [1.29, 1.82) is 5.26 Å². The first kappa shape index (κ1) is 12.3. The van der Waals surface area contributed by atoms with Gasteiger partial charge >= 0.3 is 0 Å². The third kappa shape index (κ3) is 2.23. The molecule has 0 saturated heterocycles. The maximum absolute atomic E-state index is 12.3. The van der Waals surface area contributed by atoms with E-state index in [0.29, 0.717) is 6.07 Å². The number of hydrogen-bond acceptors (Lipinski definition) is 5. The molecule has 9 heteroatoms. The van der Waals surface area contributed by atoms with Gasteiger partial charge in [-0.15, -0.1) is 0 Å². The molecule has 0 aromatic carbocycles. The standard InChI is InChI=1S/C7H6F2N4O2S/c8-7(9)3-1-5(16(12,14)15)6(11)4(2-10)13-3/h1,7H,11H2,(H2,12,14,15). The van der Waals surface area contributed by atoms with E-state index in [0.717, 1.165) is 0 Å². The van der Waals surface area contributed by atoms with Gasteiger partial charge < -0.3 is 5.73 Å². The SMILES string of the molecule is N#Cc1nc(C(F)F)cc(S(N)(=O)=O)c1N. The number of sulfonamides is 1. The first-order chi connectivity index (χ1) is 7.27. The van der Waals surface area contributed by atoms with Gasteiger partial charge in [-0.1, -0.05) is 0 Å². The number of hydrogen-bond donors (Lipinski definition) is 2. The van der Waals surface area contributed by atoms with E-state index in [4.69, 9.17) is 16.1 Å². The summed E-state index contributed by atoms with van der Waals surface area (Å²) in [7, 11) is -4.27. The van der Waals surface area contributed by atoms with Crippen LogP contribution in [0.5, 0.6) is 0 Å². The number of aromatic nitrogens is 1. The Kier molecular flexibility index (Phi) is 3.06. The molecule has 0 amide bonds. The second-order valence-electron chi connectivity index (χ2n) is 2.77. The highest BCUT2D eigenvalue weighted by atomic mass is 32.2. The minimum atomic E-state index is -4.27. The number of halogens is 2. The Morgan fingerprint density at radius 2 is 2.06 bits per heavy atom. The summed E-state index contributed by atoms with van der Waals surface area (Å²) in [6, 6.07) is 1.97. The Hall–Kier alpha value is -1.79. The summed E-state index contributed by atoms with van der Waals surface area (Å²) in [5, 5.41) is 13.3. The number of pyridine rings is 1. The van der Waals surface area contributed by atoms with Crippen molar-refractivity contribution in [3.63, 3.8) is 0 Å². The molecule has 0 radical (unpaired) electrons. The topological polar surface area (TPSA) is 123 Å². The second kappa shape index (κ2) is 3.99. The van der Waals surface area contributed by atoms with E-state index in [1.165, 1.54) is 6.07 Å². The molecule has 0 unspecified atom stereocenters. The van der Waals surface area contributed by atoms with Gasteiger partial charge in [-0.05, 0) is 6.07 Å². The van der Waals surface area contributed by atoms with Gasteiger partial charge in [-0.25, -0.2) is 27.3 Å². The van der Waals surface area contributed by atoms with Crippen molar-refractivity contribution in [1.82, 2.24) is 4.98 Å². The number of nitrogens with zero attached hydrogens (tertiary/aromatic N) is 2. The number of rotatable bonds is 2. The maximum atomic E-state index is 12.3. The molecule has 0 aliphatic carbocycles. The zero-order valence-corrected chi connectivity index (χ0v) is 8.50. The zero-order chi connectivity index (χ0) is 12.5. The molecule has 1 aromatic heterocycles. The highest BCUT2D eigenvalue weighted by molar-refractivity contribution is 7.89. The fourth-order valence-electron chi connectivity index (χ4n) is 0.983. The van der Waals surface area contributed by atoms with Gasteiger partial charge in [0.25, 0.3) is 6.43 Å². The van der Waals surface area contributed by atoms with Crippen molar-refractivity contribution in [3.05, 3.63) is 17.5 Å². The van der Waals surface area contributed by atoms with Gasteiger partial charge in [0.05, 0.1) is 5.69 Å². The second-order valence-corrected chi connectivity index (χ2v) is 4.29. The number of nitrogen functional groups attached to an aromatic ring is 1. The summed E-state index contributed by atoms with van der Waals surface area (Å²) < 4.78 is 46.7. The van der Waals surface area contributed by atoms with Crippen LogP contribution in [-0.2, 0) is 10.0 Å². The van der Waals surface area contributed by atoms with Gasteiger partial charge in [0.2, 0.25) is 10.0 Å². The first-order valence-electron chi connectivity index (χ1n) is 3.79. The number of primary sulfonamides is 1. The van der Waals surface area contributed by atoms with Crippen molar-refractivity contribution in [2.75, 3.05) is 5.73 Å². The van der Waals surface area contributed by atoms with E-state index >= 15 is 0 Å². The van der Waals surface area contributed by atoms with Crippen molar-refractivity contribution in [2.24, 2.45) is 5.14 Å². The Balaban J connectivity index is 3.63. The highest BCUT2D eigenvalue weighted by Gasteiger charge is 2.21. The van der Waals surface area contributed by atoms with E-state index < -0.39 is 38.4 Å². The molecular formula is C7H6F2N4O2S. The number of alkyl halides is 2. The van der Waals surface area contributed by atoms with E-state index in [-0.39, 0.29) is 0 Å². The van der Waals surface area contributed by atoms with Gasteiger partial charge in [-0.2, -0.15) is 5.26 Å². The van der Waals surface area contributed by atoms with E-state index in [9.17, 15) is 17.2 Å². The normalized spacial score (nSPS) is 11.4. The third-order valence-electron chi connectivity index (χ3n) is 1.68. The Labute approximate surface area is 89.5 Å². The van der Waals surface area contributed by atoms with Crippen LogP contribution in [0.25, 0.3) is 0 Å². The third-order valence-corrected chi connectivity index (χ3v) is 2.63. The van der Waals surface area contributed by atoms with Crippen molar-refractivity contribution in [3.8, 4) is 6.07 Å². The molecule has 0 saturated carbocycles. The lowest BCUT2D eigenvalue weighted by atomic mass is 10.2. The fourth-order valence-corrected chi connectivity index (χ4v) is 1.67. The smallest absolute Gasteiger partial charge is 0.280 e. The minimum absolute atomic E-state index is 0.533. The van der Waals surface area contributed by atoms with Gasteiger partial charge in [-0.3, -0.25) is 0 Å². The van der Waals surface area contributed by atoms with Crippen LogP contribution >= 0.6 is 0 Å². The van der Waals surface area contributed by atoms with Crippen LogP contribution in [0.15, 0.2) is 11.0 Å². The van der Waals surface area contributed by atoms with Crippen molar-refractivity contribution in [2.45, 2.75) is 11.3 Å². The zero-order valence-electron chi connectivity index (χ0n) is 7.68. The minimum Gasteiger partial charge on any atom is -0.395 e. The van der Waals surface area contributed by atoms with Crippen molar-refractivity contribution >= 4 is 15.7 Å². The van der Waals surface area contributed by atoms with E-state index in [1.54, 1.807) is 0 Å². The summed E-state index contributed by atoms with van der Waals surface area (Å²) in [5.74, 6) is 0. The molecule has 0 bridgehead atoms. The van der Waals surface area contributed by atoms with Crippen molar-refractivity contribution < 1.29 is 17.2 Å². The van der Waals surface area contributed by atoms with Gasteiger partial charge in [0.1, 0.15) is 16.7 Å². The average molecular weight is 248 g/mol. The summed E-state index contributed by atoms with van der Waals surface area (Å²) >= 11 is 0. The van der Waals surface area contributed by atoms with E-state index in [2.05, 4.69) is 4.98 Å². The first-order valence-corrected chi connectivity index (χ1v) is 5.33. The van der Waals surface area contributed by atoms with Crippen LogP contribution in [0.3, 0.4) is 0 Å². The van der Waals surface area contributed by atoms with Crippen LogP contribution in [0.1, 0.15) is 17.8 Å². The molecule has 6 nitrogen and oxygen atoms in total. The molecule has 1 heterocycles. The molecule has 4 N–H and O–H groups in total. The number of anilines is 1. The van der Waals surface area contributed by atoms with Gasteiger partial charge in [0, 0.05) is 0 Å². The Morgan fingerprint density at radius 1 is 1.50 bits per heavy atom. The molecule has 0 atom stereocenters. The lowest BCUT2D eigenvalue weighted by molar-refractivity contribution is 0.145. The molecule has 0 aliphatic heterocycles. The van der Waals surface area contributed by atoms with Crippen LogP contribution in [0.4, 0.5) is 14.5 Å². The molecule has 86 valence electrons. The average Bonchev–Trinajstić information content (AvgIpc) is 2.15. The lowest BCUT2D eigenvalue weighted by Gasteiger charge is -2.07. The number of nitriles is 1. The molecule has 0 spiro atoms. The summed E-state index contributed by atoms with van der Waals surface area (Å²) in [5.41, 5.74) is 3.27. The molecule has 16 heavy (non-hydrogen) atoms. The largest absolute Gasteiger partial charge is 0.395 e. The van der Waals surface area contributed by atoms with Crippen LogP contribution in [-0.4, -0.2) is 13.4 Å². The lowest BCUT2D eigenvalue weighted by Crippen LogP contribution is -2.16. The highest BCUT2D eigenvalue weighted by Crippen LogP contribution is 2.25.